The molecule has 1 N–H and O–H groups in total. The topological polar surface area (TPSA) is 111 Å². The monoisotopic (exact) mass is 284 g/mol. The van der Waals surface area contributed by atoms with Crippen LogP contribution >= 0.6 is 0 Å². The second-order valence-corrected chi connectivity index (χ2v) is 4.24. The molecule has 0 saturated carbocycles. The van der Waals surface area contributed by atoms with E-state index in [9.17, 15) is 14.9 Å². The van der Waals surface area contributed by atoms with Gasteiger partial charge in [0, 0.05) is 17.6 Å². The number of pyridine rings is 1. The van der Waals surface area contributed by atoms with Crippen LogP contribution in [0.3, 0.4) is 0 Å². The third kappa shape index (κ3) is 2.08. The maximum absolute atomic E-state index is 11.2. The summed E-state index contributed by atoms with van der Waals surface area (Å²) in [5.74, 6) is -1.30. The number of hydrogen-bond donors (Lipinski definition) is 1. The molecule has 1 aromatic carbocycles. The summed E-state index contributed by atoms with van der Waals surface area (Å²) in [6.45, 7) is 0. The van der Waals surface area contributed by atoms with Gasteiger partial charge in [0.2, 0.25) is 5.82 Å². The van der Waals surface area contributed by atoms with Gasteiger partial charge >= 0.3 is 11.7 Å². The van der Waals surface area contributed by atoms with Crippen LogP contribution in [0.1, 0.15) is 10.4 Å². The van der Waals surface area contributed by atoms with Gasteiger partial charge in [-0.15, -0.1) is 0 Å². The Hall–Kier alpha value is -3.29. The van der Waals surface area contributed by atoms with E-state index in [1.165, 1.54) is 4.68 Å². The number of carboxylic acid groups (broad SMARTS) is 1. The molecule has 0 amide bonds. The number of hydrogen-bond acceptors (Lipinski definition) is 5. The number of fused-ring (bicyclic) bond motifs is 1. The Balaban J connectivity index is 2.27. The first-order chi connectivity index (χ1) is 10.1. The van der Waals surface area contributed by atoms with Gasteiger partial charge in [-0.25, -0.2) is 14.5 Å². The van der Waals surface area contributed by atoms with Gasteiger partial charge in [-0.3, -0.25) is 10.1 Å². The molecular formula is C13H8N4O4. The molecule has 0 unspecified atom stereocenters. The van der Waals surface area contributed by atoms with E-state index in [4.69, 9.17) is 5.11 Å². The second-order valence-electron chi connectivity index (χ2n) is 4.24. The van der Waals surface area contributed by atoms with E-state index in [2.05, 4.69) is 10.1 Å². The maximum atomic E-state index is 11.2. The number of carboxylic acids is 1. The number of benzene rings is 1. The third-order valence-corrected chi connectivity index (χ3v) is 2.97. The van der Waals surface area contributed by atoms with Gasteiger partial charge in [-0.05, 0) is 6.07 Å². The zero-order chi connectivity index (χ0) is 15.0. The smallest absolute Gasteiger partial charge is 0.337 e. The van der Waals surface area contributed by atoms with Crippen molar-refractivity contribution in [3.05, 3.63) is 58.4 Å². The molecule has 0 atom stereocenters. The minimum Gasteiger partial charge on any atom is -0.478 e. The predicted octanol–water partition coefficient (Wildman–Crippen LogP) is 2.03. The van der Waals surface area contributed by atoms with E-state index in [0.717, 1.165) is 17.6 Å². The predicted molar refractivity (Wildman–Crippen MR) is 72.5 cm³/mol. The summed E-state index contributed by atoms with van der Waals surface area (Å²) < 4.78 is 1.32. The van der Waals surface area contributed by atoms with Gasteiger partial charge in [0.1, 0.15) is 0 Å². The molecule has 0 aliphatic carbocycles. The fourth-order valence-electron chi connectivity index (χ4n) is 2.00. The zero-order valence-corrected chi connectivity index (χ0v) is 10.5. The lowest BCUT2D eigenvalue weighted by Gasteiger charge is -2.04. The van der Waals surface area contributed by atoms with Crippen LogP contribution in [0.5, 0.6) is 0 Å². The molecule has 8 heteroatoms. The quantitative estimate of drug-likeness (QED) is 0.581. The lowest BCUT2D eigenvalue weighted by molar-refractivity contribution is -0.384. The van der Waals surface area contributed by atoms with Gasteiger partial charge in [0.15, 0.2) is 0 Å². The van der Waals surface area contributed by atoms with Crippen LogP contribution in [-0.2, 0) is 0 Å². The van der Waals surface area contributed by atoms with Crippen molar-refractivity contribution in [3.63, 3.8) is 0 Å². The molecule has 2 heterocycles. The van der Waals surface area contributed by atoms with Crippen LogP contribution in [0.25, 0.3) is 16.7 Å². The highest BCUT2D eigenvalue weighted by Crippen LogP contribution is 2.25. The molecular weight excluding hydrogens is 276 g/mol. The number of carbonyl (C=O) groups is 1. The summed E-state index contributed by atoms with van der Waals surface area (Å²) in [5, 5.41) is 24.9. The van der Waals surface area contributed by atoms with Crippen molar-refractivity contribution in [2.75, 3.05) is 0 Å². The van der Waals surface area contributed by atoms with Crippen LogP contribution in [0, 0.1) is 10.1 Å². The molecule has 3 aromatic rings. The number of para-hydroxylation sites is 1. The highest BCUT2D eigenvalue weighted by atomic mass is 16.6. The molecule has 0 saturated heterocycles. The Morgan fingerprint density at radius 3 is 2.76 bits per heavy atom. The van der Waals surface area contributed by atoms with Crippen LogP contribution in [0.15, 0.2) is 42.7 Å². The van der Waals surface area contributed by atoms with E-state index in [0.29, 0.717) is 5.52 Å². The van der Waals surface area contributed by atoms with Crippen LogP contribution < -0.4 is 0 Å². The lowest BCUT2D eigenvalue weighted by Crippen LogP contribution is -2.07. The highest BCUT2D eigenvalue weighted by Gasteiger charge is 2.22. The molecule has 21 heavy (non-hydrogen) atoms. The fraction of sp³-hybridized carbons (Fsp3) is 0. The van der Waals surface area contributed by atoms with Gasteiger partial charge in [0.05, 0.1) is 22.2 Å². The molecule has 2 aromatic heterocycles. The Kier molecular flexibility index (Phi) is 2.83. The minimum absolute atomic E-state index is 0.0220. The highest BCUT2D eigenvalue weighted by molar-refractivity contribution is 5.88. The van der Waals surface area contributed by atoms with E-state index in [1.807, 2.05) is 12.1 Å². The number of nitro groups is 1. The van der Waals surface area contributed by atoms with Gasteiger partial charge in [-0.2, -0.15) is 5.10 Å². The minimum atomic E-state index is -1.28. The van der Waals surface area contributed by atoms with Crippen molar-refractivity contribution < 1.29 is 14.8 Å². The van der Waals surface area contributed by atoms with Crippen molar-refractivity contribution in [2.45, 2.75) is 0 Å². The molecule has 0 spiro atoms. The average molecular weight is 284 g/mol. The normalized spacial score (nSPS) is 10.7. The maximum Gasteiger partial charge on any atom is 0.337 e. The van der Waals surface area contributed by atoms with Crippen LogP contribution in [0.2, 0.25) is 0 Å². The van der Waals surface area contributed by atoms with Crippen LogP contribution in [0.4, 0.5) is 5.69 Å². The van der Waals surface area contributed by atoms with Crippen molar-refractivity contribution in [1.82, 2.24) is 14.8 Å². The molecule has 0 radical (unpaired) electrons. The molecule has 0 aliphatic heterocycles. The summed E-state index contributed by atoms with van der Waals surface area (Å²) in [6.07, 6.45) is 2.63. The van der Waals surface area contributed by atoms with Crippen molar-refractivity contribution in [1.29, 1.82) is 0 Å². The molecule has 8 nitrogen and oxygen atoms in total. The van der Waals surface area contributed by atoms with E-state index in [-0.39, 0.29) is 11.4 Å². The first-order valence-corrected chi connectivity index (χ1v) is 5.89. The first kappa shape index (κ1) is 12.7. The number of aromatic nitrogens is 3. The SMILES string of the molecule is O=C(O)c1cnc(-n2ncc3ccccc32)c([N+](=O)[O-])c1. The Bertz CT molecular complexity index is 871. The Morgan fingerprint density at radius 2 is 2.05 bits per heavy atom. The molecule has 3 rings (SSSR count). The second kappa shape index (κ2) is 4.67. The summed E-state index contributed by atoms with van der Waals surface area (Å²) in [4.78, 5) is 25.3. The Labute approximate surface area is 117 Å². The summed E-state index contributed by atoms with van der Waals surface area (Å²) in [7, 11) is 0. The van der Waals surface area contributed by atoms with Crippen molar-refractivity contribution >= 4 is 22.6 Å². The summed E-state index contributed by atoms with van der Waals surface area (Å²) in [5.41, 5.74) is -0.0122. The van der Waals surface area contributed by atoms with Gasteiger partial charge in [0.25, 0.3) is 0 Å². The number of rotatable bonds is 3. The van der Waals surface area contributed by atoms with Gasteiger partial charge in [-0.1, -0.05) is 18.2 Å². The molecule has 104 valence electrons. The number of nitrogens with zero attached hydrogens (tertiary/aromatic N) is 4. The molecule has 0 fully saturated rings. The number of aromatic carboxylic acids is 1. The Morgan fingerprint density at radius 1 is 1.29 bits per heavy atom. The summed E-state index contributed by atoms with van der Waals surface area (Å²) >= 11 is 0. The summed E-state index contributed by atoms with van der Waals surface area (Å²) in [6, 6.07) is 8.14. The van der Waals surface area contributed by atoms with Gasteiger partial charge < -0.3 is 5.11 Å². The lowest BCUT2D eigenvalue weighted by atomic mass is 10.2. The largest absolute Gasteiger partial charge is 0.478 e. The van der Waals surface area contributed by atoms with E-state index < -0.39 is 16.6 Å². The molecule has 0 aliphatic rings. The van der Waals surface area contributed by atoms with Crippen LogP contribution in [-0.4, -0.2) is 30.8 Å². The van der Waals surface area contributed by atoms with E-state index in [1.54, 1.807) is 18.3 Å². The first-order valence-electron chi connectivity index (χ1n) is 5.89. The zero-order valence-electron chi connectivity index (χ0n) is 10.5. The van der Waals surface area contributed by atoms with Crippen molar-refractivity contribution in [3.8, 4) is 5.82 Å². The fourth-order valence-corrected chi connectivity index (χ4v) is 2.00. The standard InChI is InChI=1S/C13H8N4O4/c18-13(19)9-5-11(17(20)21)12(14-6-9)16-10-4-2-1-3-8(10)7-15-16/h1-7H,(H,18,19). The molecule has 0 bridgehead atoms. The average Bonchev–Trinajstić information content (AvgIpc) is 2.90. The van der Waals surface area contributed by atoms with Crippen molar-refractivity contribution in [2.24, 2.45) is 0 Å². The van der Waals surface area contributed by atoms with E-state index >= 15 is 0 Å². The third-order valence-electron chi connectivity index (χ3n) is 2.97.